The average Bonchev–Trinajstić information content (AvgIpc) is 2.46. The Labute approximate surface area is 129 Å². The molecule has 0 saturated carbocycles. The maximum Gasteiger partial charge on any atom is 0.126 e. The van der Waals surface area contributed by atoms with E-state index in [0.29, 0.717) is 12.1 Å². The van der Waals surface area contributed by atoms with Gasteiger partial charge in [0.25, 0.3) is 0 Å². The van der Waals surface area contributed by atoms with Gasteiger partial charge in [-0.25, -0.2) is 8.78 Å². The van der Waals surface area contributed by atoms with Crippen LogP contribution in [-0.4, -0.2) is 0 Å². The van der Waals surface area contributed by atoms with E-state index in [4.69, 9.17) is 0 Å². The Morgan fingerprint density at radius 2 is 1.52 bits per heavy atom. The average molecular weight is 348 g/mol. The van der Waals surface area contributed by atoms with Crippen LogP contribution in [0.1, 0.15) is 5.56 Å². The lowest BCUT2D eigenvalue weighted by atomic mass is 10.1. The Kier molecular flexibility index (Phi) is 3.88. The first-order chi connectivity index (χ1) is 10.1. The van der Waals surface area contributed by atoms with Crippen molar-refractivity contribution < 1.29 is 8.78 Å². The van der Waals surface area contributed by atoms with E-state index in [0.717, 1.165) is 27.0 Å². The molecular formula is C17H12BrF2N. The fourth-order valence-electron chi connectivity index (χ4n) is 2.33. The van der Waals surface area contributed by atoms with Crippen LogP contribution in [0.5, 0.6) is 0 Å². The number of hydrogen-bond donors (Lipinski definition) is 1. The van der Waals surface area contributed by atoms with Crippen LogP contribution >= 0.6 is 15.9 Å². The van der Waals surface area contributed by atoms with Gasteiger partial charge in [-0.3, -0.25) is 0 Å². The Bertz CT molecular complexity index is 782. The highest BCUT2D eigenvalue weighted by atomic mass is 79.9. The molecule has 1 nitrogen and oxygen atoms in total. The topological polar surface area (TPSA) is 12.0 Å². The summed E-state index contributed by atoms with van der Waals surface area (Å²) in [5.41, 5.74) is 1.50. The molecule has 0 radical (unpaired) electrons. The van der Waals surface area contributed by atoms with Crippen molar-refractivity contribution in [3.8, 4) is 0 Å². The highest BCUT2D eigenvalue weighted by Crippen LogP contribution is 2.30. The first kappa shape index (κ1) is 14.0. The molecule has 4 heteroatoms. The SMILES string of the molecule is Fc1cc(F)cc(CNc2ccc(Br)c3ccccc23)c1. The molecule has 0 unspecified atom stereocenters. The molecule has 1 N–H and O–H groups in total. The van der Waals surface area contributed by atoms with Gasteiger partial charge in [-0.05, 0) is 35.2 Å². The number of rotatable bonds is 3. The van der Waals surface area contributed by atoms with Gasteiger partial charge in [0.15, 0.2) is 0 Å². The summed E-state index contributed by atoms with van der Waals surface area (Å²) in [6, 6.07) is 15.4. The molecule has 0 saturated heterocycles. The van der Waals surface area contributed by atoms with Crippen LogP contribution < -0.4 is 5.32 Å². The third-order valence-electron chi connectivity index (χ3n) is 3.28. The largest absolute Gasteiger partial charge is 0.380 e. The molecular weight excluding hydrogens is 336 g/mol. The summed E-state index contributed by atoms with van der Waals surface area (Å²) in [5, 5.41) is 5.38. The summed E-state index contributed by atoms with van der Waals surface area (Å²) in [6.45, 7) is 0.361. The van der Waals surface area contributed by atoms with E-state index < -0.39 is 11.6 Å². The predicted octanol–water partition coefficient (Wildman–Crippen LogP) is 5.49. The first-order valence-corrected chi connectivity index (χ1v) is 7.29. The van der Waals surface area contributed by atoms with Crippen LogP contribution in [0.3, 0.4) is 0 Å². The number of fused-ring (bicyclic) bond motifs is 1. The van der Waals surface area contributed by atoms with E-state index in [2.05, 4.69) is 21.2 Å². The number of benzene rings is 3. The third-order valence-corrected chi connectivity index (χ3v) is 3.97. The maximum absolute atomic E-state index is 13.2. The number of halogens is 3. The van der Waals surface area contributed by atoms with Gasteiger partial charge in [0, 0.05) is 28.2 Å². The second kappa shape index (κ2) is 5.82. The minimum Gasteiger partial charge on any atom is -0.380 e. The normalized spacial score (nSPS) is 10.8. The van der Waals surface area contributed by atoms with Crippen molar-refractivity contribution in [1.82, 2.24) is 0 Å². The fourth-order valence-corrected chi connectivity index (χ4v) is 2.80. The Hall–Kier alpha value is -1.94. The summed E-state index contributed by atoms with van der Waals surface area (Å²) < 4.78 is 27.4. The Morgan fingerprint density at radius 1 is 0.857 bits per heavy atom. The smallest absolute Gasteiger partial charge is 0.126 e. The minimum absolute atomic E-state index is 0.361. The molecule has 0 aliphatic heterocycles. The third kappa shape index (κ3) is 3.05. The van der Waals surface area contributed by atoms with E-state index in [1.807, 2.05) is 36.4 Å². The molecule has 3 aromatic rings. The molecule has 0 amide bonds. The van der Waals surface area contributed by atoms with Crippen LogP contribution in [0.2, 0.25) is 0 Å². The molecule has 106 valence electrons. The number of hydrogen-bond acceptors (Lipinski definition) is 1. The standard InChI is InChI=1S/C17H12BrF2N/c18-16-5-6-17(15-4-2-1-3-14(15)16)21-10-11-7-12(19)9-13(20)8-11/h1-9,21H,10H2. The first-order valence-electron chi connectivity index (χ1n) is 6.49. The molecule has 21 heavy (non-hydrogen) atoms. The van der Waals surface area contributed by atoms with Crippen molar-refractivity contribution in [3.05, 3.63) is 76.3 Å². The van der Waals surface area contributed by atoms with E-state index in [-0.39, 0.29) is 0 Å². The van der Waals surface area contributed by atoms with Crippen molar-refractivity contribution in [2.75, 3.05) is 5.32 Å². The summed E-state index contributed by atoms with van der Waals surface area (Å²) >= 11 is 3.52. The monoisotopic (exact) mass is 347 g/mol. The highest BCUT2D eigenvalue weighted by molar-refractivity contribution is 9.10. The lowest BCUT2D eigenvalue weighted by molar-refractivity contribution is 0.580. The molecule has 0 aromatic heterocycles. The molecule has 3 rings (SSSR count). The quantitative estimate of drug-likeness (QED) is 0.660. The zero-order valence-corrected chi connectivity index (χ0v) is 12.6. The maximum atomic E-state index is 13.2. The van der Waals surface area contributed by atoms with E-state index >= 15 is 0 Å². The van der Waals surface area contributed by atoms with Crippen molar-refractivity contribution in [1.29, 1.82) is 0 Å². The van der Waals surface area contributed by atoms with Gasteiger partial charge < -0.3 is 5.32 Å². The second-order valence-corrected chi connectivity index (χ2v) is 5.63. The number of nitrogens with one attached hydrogen (secondary N) is 1. The van der Waals surface area contributed by atoms with Gasteiger partial charge in [-0.2, -0.15) is 0 Å². The highest BCUT2D eigenvalue weighted by Gasteiger charge is 2.05. The Morgan fingerprint density at radius 3 is 2.24 bits per heavy atom. The number of anilines is 1. The van der Waals surface area contributed by atoms with Gasteiger partial charge in [0.1, 0.15) is 11.6 Å². The van der Waals surface area contributed by atoms with Gasteiger partial charge in [-0.15, -0.1) is 0 Å². The van der Waals surface area contributed by atoms with Gasteiger partial charge >= 0.3 is 0 Å². The van der Waals surface area contributed by atoms with Crippen molar-refractivity contribution >= 4 is 32.4 Å². The Balaban J connectivity index is 1.90. The molecule has 0 fully saturated rings. The van der Waals surface area contributed by atoms with Crippen molar-refractivity contribution in [2.24, 2.45) is 0 Å². The molecule has 3 aromatic carbocycles. The van der Waals surface area contributed by atoms with Gasteiger partial charge in [0.2, 0.25) is 0 Å². The van der Waals surface area contributed by atoms with Crippen LogP contribution in [-0.2, 0) is 6.54 Å². The molecule has 0 bridgehead atoms. The predicted molar refractivity (Wildman–Crippen MR) is 85.3 cm³/mol. The van der Waals surface area contributed by atoms with Crippen LogP contribution in [0, 0.1) is 11.6 Å². The summed E-state index contributed by atoms with van der Waals surface area (Å²) in [6.07, 6.45) is 0. The van der Waals surface area contributed by atoms with Crippen LogP contribution in [0.25, 0.3) is 10.8 Å². The van der Waals surface area contributed by atoms with Crippen LogP contribution in [0.4, 0.5) is 14.5 Å². The molecule has 0 spiro atoms. The van der Waals surface area contributed by atoms with Crippen LogP contribution in [0.15, 0.2) is 59.1 Å². The summed E-state index contributed by atoms with van der Waals surface area (Å²) in [7, 11) is 0. The molecule has 0 atom stereocenters. The minimum atomic E-state index is -0.563. The molecule has 0 aliphatic rings. The summed E-state index contributed by atoms with van der Waals surface area (Å²) in [4.78, 5) is 0. The summed E-state index contributed by atoms with van der Waals surface area (Å²) in [5.74, 6) is -1.13. The van der Waals surface area contributed by atoms with E-state index in [1.165, 1.54) is 12.1 Å². The second-order valence-electron chi connectivity index (χ2n) is 4.77. The molecule has 0 aliphatic carbocycles. The molecule has 0 heterocycles. The van der Waals surface area contributed by atoms with E-state index in [9.17, 15) is 8.78 Å². The van der Waals surface area contributed by atoms with Gasteiger partial charge in [-0.1, -0.05) is 40.2 Å². The van der Waals surface area contributed by atoms with Gasteiger partial charge in [0.05, 0.1) is 0 Å². The lowest BCUT2D eigenvalue weighted by Gasteiger charge is -2.11. The van der Waals surface area contributed by atoms with Crippen molar-refractivity contribution in [2.45, 2.75) is 6.54 Å². The zero-order valence-electron chi connectivity index (χ0n) is 11.0. The zero-order chi connectivity index (χ0) is 14.8. The van der Waals surface area contributed by atoms with Crippen molar-refractivity contribution in [3.63, 3.8) is 0 Å². The lowest BCUT2D eigenvalue weighted by Crippen LogP contribution is -2.01. The van der Waals surface area contributed by atoms with E-state index in [1.54, 1.807) is 0 Å². The fraction of sp³-hybridized carbons (Fsp3) is 0.0588.